The van der Waals surface area contributed by atoms with Crippen molar-refractivity contribution < 1.29 is 4.74 Å². The zero-order valence-corrected chi connectivity index (χ0v) is 14.2. The van der Waals surface area contributed by atoms with Crippen LogP contribution in [-0.4, -0.2) is 21.5 Å². The first-order valence-corrected chi connectivity index (χ1v) is 7.91. The summed E-state index contributed by atoms with van der Waals surface area (Å²) in [6.07, 6.45) is 1.80. The lowest BCUT2D eigenvalue weighted by atomic mass is 10.3. The minimum Gasteiger partial charge on any atom is -0.492 e. The van der Waals surface area contributed by atoms with Crippen LogP contribution < -0.4 is 15.4 Å². The molecular formula is C15H19ClN4OS. The number of rotatable bonds is 6. The first-order valence-electron chi connectivity index (χ1n) is 7.12. The smallest absolute Gasteiger partial charge is 0.171 e. The Bertz CT molecular complexity index is 644. The standard InChI is InChI=1S/C15H19ClN4OS/c1-3-20-10-11(16)13(19-20)9-17-15(22)18-12-7-5-6-8-14(12)21-4-2/h5-8,10H,3-4,9H2,1-2H3,(H2,17,18,22). The van der Waals surface area contributed by atoms with Crippen molar-refractivity contribution in [3.8, 4) is 5.75 Å². The Balaban J connectivity index is 1.94. The highest BCUT2D eigenvalue weighted by atomic mass is 35.5. The lowest BCUT2D eigenvalue weighted by Crippen LogP contribution is -2.28. The molecule has 1 aromatic carbocycles. The molecule has 0 amide bonds. The summed E-state index contributed by atoms with van der Waals surface area (Å²) in [5, 5.41) is 11.7. The van der Waals surface area contributed by atoms with Crippen LogP contribution in [0.4, 0.5) is 5.69 Å². The van der Waals surface area contributed by atoms with Gasteiger partial charge in [0.15, 0.2) is 5.11 Å². The van der Waals surface area contributed by atoms with Crippen LogP contribution in [0.3, 0.4) is 0 Å². The van der Waals surface area contributed by atoms with Crippen molar-refractivity contribution in [2.75, 3.05) is 11.9 Å². The Hall–Kier alpha value is -1.79. The van der Waals surface area contributed by atoms with E-state index in [1.807, 2.05) is 38.1 Å². The monoisotopic (exact) mass is 338 g/mol. The Morgan fingerprint density at radius 3 is 2.82 bits per heavy atom. The number of nitrogens with one attached hydrogen (secondary N) is 2. The van der Waals surface area contributed by atoms with Gasteiger partial charge in [-0.2, -0.15) is 5.10 Å². The van der Waals surface area contributed by atoms with Crippen LogP contribution in [-0.2, 0) is 13.1 Å². The average molecular weight is 339 g/mol. The highest BCUT2D eigenvalue weighted by Gasteiger charge is 2.08. The second-order valence-electron chi connectivity index (χ2n) is 4.52. The second-order valence-corrected chi connectivity index (χ2v) is 5.33. The Kier molecular flexibility index (Phi) is 6.03. The normalized spacial score (nSPS) is 10.3. The van der Waals surface area contributed by atoms with E-state index in [1.54, 1.807) is 10.9 Å². The second kappa shape index (κ2) is 8.00. The van der Waals surface area contributed by atoms with Crippen LogP contribution in [0.2, 0.25) is 5.02 Å². The van der Waals surface area contributed by atoms with Crippen LogP contribution in [0.15, 0.2) is 30.5 Å². The van der Waals surface area contributed by atoms with Crippen molar-refractivity contribution in [2.45, 2.75) is 26.9 Å². The summed E-state index contributed by atoms with van der Waals surface area (Å²) in [6, 6.07) is 7.66. The molecule has 0 unspecified atom stereocenters. The number of aromatic nitrogens is 2. The maximum Gasteiger partial charge on any atom is 0.171 e. The fourth-order valence-corrected chi connectivity index (χ4v) is 2.30. The molecule has 0 saturated carbocycles. The number of hydrogen-bond acceptors (Lipinski definition) is 3. The molecule has 118 valence electrons. The van der Waals surface area contributed by atoms with Crippen molar-refractivity contribution in [1.82, 2.24) is 15.1 Å². The Morgan fingerprint density at radius 1 is 1.36 bits per heavy atom. The molecule has 7 heteroatoms. The van der Waals surface area contributed by atoms with E-state index in [0.717, 1.165) is 23.7 Å². The van der Waals surface area contributed by atoms with Crippen molar-refractivity contribution in [2.24, 2.45) is 0 Å². The SMILES string of the molecule is CCOc1ccccc1NC(=S)NCc1nn(CC)cc1Cl. The molecule has 0 aliphatic carbocycles. The molecule has 0 atom stereocenters. The van der Waals surface area contributed by atoms with Crippen LogP contribution in [0.25, 0.3) is 0 Å². The van der Waals surface area contributed by atoms with Gasteiger partial charge >= 0.3 is 0 Å². The van der Waals surface area contributed by atoms with Gasteiger partial charge in [-0.1, -0.05) is 23.7 Å². The molecular weight excluding hydrogens is 320 g/mol. The Labute approximate surface area is 140 Å². The summed E-state index contributed by atoms with van der Waals surface area (Å²) in [4.78, 5) is 0. The van der Waals surface area contributed by atoms with E-state index in [9.17, 15) is 0 Å². The van der Waals surface area contributed by atoms with Gasteiger partial charge in [-0.3, -0.25) is 4.68 Å². The summed E-state index contributed by atoms with van der Waals surface area (Å²) in [5.74, 6) is 0.766. The number of halogens is 1. The number of aryl methyl sites for hydroxylation is 1. The third-order valence-electron chi connectivity index (χ3n) is 2.96. The minimum atomic E-state index is 0.467. The number of thiocarbonyl (C=S) groups is 1. The third-order valence-corrected chi connectivity index (χ3v) is 3.52. The van der Waals surface area contributed by atoms with E-state index in [2.05, 4.69) is 15.7 Å². The van der Waals surface area contributed by atoms with Gasteiger partial charge in [-0.05, 0) is 38.2 Å². The van der Waals surface area contributed by atoms with E-state index >= 15 is 0 Å². The molecule has 0 radical (unpaired) electrons. The molecule has 2 rings (SSSR count). The number of ether oxygens (including phenoxy) is 1. The van der Waals surface area contributed by atoms with Gasteiger partial charge in [0.1, 0.15) is 11.4 Å². The predicted molar refractivity (Wildman–Crippen MR) is 93.6 cm³/mol. The molecule has 0 aliphatic rings. The number of benzene rings is 1. The predicted octanol–water partition coefficient (Wildman–Crippen LogP) is 3.44. The lowest BCUT2D eigenvalue weighted by Gasteiger charge is -2.13. The van der Waals surface area contributed by atoms with Crippen molar-refractivity contribution in [3.63, 3.8) is 0 Å². The summed E-state index contributed by atoms with van der Waals surface area (Å²) < 4.78 is 7.34. The largest absolute Gasteiger partial charge is 0.492 e. The van der Waals surface area contributed by atoms with Crippen LogP contribution in [0.5, 0.6) is 5.75 Å². The minimum absolute atomic E-state index is 0.467. The van der Waals surface area contributed by atoms with Gasteiger partial charge in [0.2, 0.25) is 0 Å². The van der Waals surface area contributed by atoms with E-state index in [1.165, 1.54) is 0 Å². The lowest BCUT2D eigenvalue weighted by molar-refractivity contribution is 0.342. The summed E-state index contributed by atoms with van der Waals surface area (Å²) in [6.45, 7) is 5.80. The van der Waals surface area contributed by atoms with Gasteiger partial charge in [0.05, 0.1) is 23.9 Å². The van der Waals surface area contributed by atoms with Gasteiger partial charge in [-0.25, -0.2) is 0 Å². The number of hydrogen-bond donors (Lipinski definition) is 2. The molecule has 0 aliphatic heterocycles. The maximum atomic E-state index is 6.13. The van der Waals surface area contributed by atoms with Gasteiger partial charge in [-0.15, -0.1) is 0 Å². The first kappa shape index (κ1) is 16.6. The fraction of sp³-hybridized carbons (Fsp3) is 0.333. The number of anilines is 1. The molecule has 2 aromatic rings. The van der Waals surface area contributed by atoms with Gasteiger partial charge in [0.25, 0.3) is 0 Å². The fourth-order valence-electron chi connectivity index (χ4n) is 1.90. The van der Waals surface area contributed by atoms with Gasteiger partial charge in [0, 0.05) is 12.7 Å². The highest BCUT2D eigenvalue weighted by molar-refractivity contribution is 7.80. The van der Waals surface area contributed by atoms with Crippen LogP contribution in [0.1, 0.15) is 19.5 Å². The molecule has 0 spiro atoms. The van der Waals surface area contributed by atoms with E-state index in [4.69, 9.17) is 28.6 Å². The zero-order valence-electron chi connectivity index (χ0n) is 12.6. The van der Waals surface area contributed by atoms with Crippen molar-refractivity contribution in [3.05, 3.63) is 41.2 Å². The van der Waals surface area contributed by atoms with Crippen LogP contribution in [0, 0.1) is 0 Å². The molecule has 2 N–H and O–H groups in total. The van der Waals surface area contributed by atoms with E-state index in [-0.39, 0.29) is 0 Å². The van der Waals surface area contributed by atoms with Crippen molar-refractivity contribution in [1.29, 1.82) is 0 Å². The molecule has 0 bridgehead atoms. The zero-order chi connectivity index (χ0) is 15.9. The summed E-state index contributed by atoms with van der Waals surface area (Å²) in [5.41, 5.74) is 1.60. The molecule has 1 heterocycles. The van der Waals surface area contributed by atoms with E-state index < -0.39 is 0 Å². The van der Waals surface area contributed by atoms with Crippen LogP contribution >= 0.6 is 23.8 Å². The summed E-state index contributed by atoms with van der Waals surface area (Å²) >= 11 is 11.4. The highest BCUT2D eigenvalue weighted by Crippen LogP contribution is 2.23. The quantitative estimate of drug-likeness (QED) is 0.790. The Morgan fingerprint density at radius 2 is 2.14 bits per heavy atom. The molecule has 0 fully saturated rings. The first-order chi connectivity index (χ1) is 10.6. The average Bonchev–Trinajstić information content (AvgIpc) is 2.88. The third kappa shape index (κ3) is 4.35. The maximum absolute atomic E-state index is 6.13. The molecule has 1 aromatic heterocycles. The number of nitrogens with zero attached hydrogens (tertiary/aromatic N) is 2. The topological polar surface area (TPSA) is 51.1 Å². The summed E-state index contributed by atoms with van der Waals surface area (Å²) in [7, 11) is 0. The molecule has 0 saturated heterocycles. The van der Waals surface area contributed by atoms with Crippen molar-refractivity contribution >= 4 is 34.6 Å². The number of para-hydroxylation sites is 2. The molecule has 22 heavy (non-hydrogen) atoms. The van der Waals surface area contributed by atoms with Gasteiger partial charge < -0.3 is 15.4 Å². The van der Waals surface area contributed by atoms with E-state index in [0.29, 0.717) is 23.3 Å². The molecule has 5 nitrogen and oxygen atoms in total.